The van der Waals surface area contributed by atoms with E-state index in [9.17, 15) is 13.2 Å². The van der Waals surface area contributed by atoms with E-state index in [2.05, 4.69) is 4.72 Å². The van der Waals surface area contributed by atoms with Gasteiger partial charge in [0.2, 0.25) is 10.0 Å². The molecule has 3 rings (SSSR count). The highest BCUT2D eigenvalue weighted by atomic mass is 32.2. The Morgan fingerprint density at radius 1 is 1.16 bits per heavy atom. The summed E-state index contributed by atoms with van der Waals surface area (Å²) in [5, 5.41) is 8.88. The lowest BCUT2D eigenvalue weighted by molar-refractivity contribution is 0.0839. The number of amides is 1. The van der Waals surface area contributed by atoms with Gasteiger partial charge < -0.3 is 9.64 Å². The third kappa shape index (κ3) is 6.81. The molecule has 2 aromatic rings. The standard InChI is InChI=1S/C23H27N3O4S/c1-18(22-9-7-19(15-24)8-10-22)25-31(28,29)17-21-11-13-26(14-12-21)23(27)30-16-20-5-3-2-4-6-20/h2-10,18,21,25H,11-14,16-17H2,1H3/t18-/m0/s1. The fourth-order valence-electron chi connectivity index (χ4n) is 3.63. The monoisotopic (exact) mass is 441 g/mol. The summed E-state index contributed by atoms with van der Waals surface area (Å²) < 4.78 is 33.3. The van der Waals surface area contributed by atoms with Gasteiger partial charge >= 0.3 is 6.09 Å². The summed E-state index contributed by atoms with van der Waals surface area (Å²) in [7, 11) is -3.48. The van der Waals surface area contributed by atoms with E-state index < -0.39 is 10.0 Å². The molecule has 0 spiro atoms. The second-order valence-electron chi connectivity index (χ2n) is 7.83. The van der Waals surface area contributed by atoms with Gasteiger partial charge in [-0.2, -0.15) is 5.26 Å². The topological polar surface area (TPSA) is 99.5 Å². The van der Waals surface area contributed by atoms with Crippen LogP contribution in [-0.2, 0) is 21.4 Å². The Balaban J connectivity index is 1.44. The maximum atomic E-state index is 12.6. The van der Waals surface area contributed by atoms with E-state index in [0.717, 1.165) is 11.1 Å². The Kier molecular flexibility index (Phi) is 7.66. The number of likely N-dealkylation sites (tertiary alicyclic amines) is 1. The molecule has 2 aromatic carbocycles. The first-order chi connectivity index (χ1) is 14.9. The van der Waals surface area contributed by atoms with Gasteiger partial charge in [0.25, 0.3) is 0 Å². The summed E-state index contributed by atoms with van der Waals surface area (Å²) in [6.07, 6.45) is 0.872. The van der Waals surface area contributed by atoms with Crippen LogP contribution in [0.5, 0.6) is 0 Å². The molecule has 0 saturated carbocycles. The lowest BCUT2D eigenvalue weighted by Crippen LogP contribution is -2.41. The van der Waals surface area contributed by atoms with Gasteiger partial charge in [-0.25, -0.2) is 17.9 Å². The molecule has 0 radical (unpaired) electrons. The highest BCUT2D eigenvalue weighted by Crippen LogP contribution is 2.21. The SMILES string of the molecule is C[C@H](NS(=O)(=O)CC1CCN(C(=O)OCc2ccccc2)CC1)c1ccc(C#N)cc1. The average molecular weight is 442 g/mol. The van der Waals surface area contributed by atoms with Crippen molar-refractivity contribution in [1.82, 2.24) is 9.62 Å². The molecule has 1 heterocycles. The van der Waals surface area contributed by atoms with Gasteiger partial charge in [-0.15, -0.1) is 0 Å². The quantitative estimate of drug-likeness (QED) is 0.708. The minimum absolute atomic E-state index is 0.0103. The number of sulfonamides is 1. The molecule has 164 valence electrons. The number of benzene rings is 2. The van der Waals surface area contributed by atoms with Crippen molar-refractivity contribution in [2.45, 2.75) is 32.4 Å². The van der Waals surface area contributed by atoms with Crippen LogP contribution < -0.4 is 4.72 Å². The predicted molar refractivity (Wildman–Crippen MR) is 117 cm³/mol. The van der Waals surface area contributed by atoms with Crippen molar-refractivity contribution in [2.75, 3.05) is 18.8 Å². The number of carbonyl (C=O) groups excluding carboxylic acids is 1. The summed E-state index contributed by atoms with van der Waals surface area (Å²) in [5.41, 5.74) is 2.27. The largest absolute Gasteiger partial charge is 0.445 e. The first kappa shape index (κ1) is 22.8. The zero-order chi connectivity index (χ0) is 22.3. The molecule has 1 N–H and O–H groups in total. The molecular weight excluding hydrogens is 414 g/mol. The Morgan fingerprint density at radius 2 is 1.81 bits per heavy atom. The van der Waals surface area contributed by atoms with Gasteiger partial charge in [-0.1, -0.05) is 42.5 Å². The number of piperidine rings is 1. The minimum Gasteiger partial charge on any atom is -0.445 e. The molecule has 1 atom stereocenters. The van der Waals surface area contributed by atoms with Crippen LogP contribution in [0.15, 0.2) is 54.6 Å². The van der Waals surface area contributed by atoms with Gasteiger partial charge in [-0.05, 0) is 48.9 Å². The van der Waals surface area contributed by atoms with Gasteiger partial charge in [-0.3, -0.25) is 0 Å². The van der Waals surface area contributed by atoms with Crippen molar-refractivity contribution in [1.29, 1.82) is 5.26 Å². The zero-order valence-corrected chi connectivity index (χ0v) is 18.3. The lowest BCUT2D eigenvalue weighted by atomic mass is 9.99. The predicted octanol–water partition coefficient (Wildman–Crippen LogP) is 3.59. The maximum absolute atomic E-state index is 12.6. The fourth-order valence-corrected chi connectivity index (χ4v) is 5.36. The molecule has 0 aliphatic carbocycles. The van der Waals surface area contributed by atoms with Crippen LogP contribution in [-0.4, -0.2) is 38.3 Å². The Hall–Kier alpha value is -2.89. The number of nitriles is 1. The van der Waals surface area contributed by atoms with Crippen LogP contribution in [0.3, 0.4) is 0 Å². The highest BCUT2D eigenvalue weighted by molar-refractivity contribution is 7.89. The Labute approximate surface area is 183 Å². The fraction of sp³-hybridized carbons (Fsp3) is 0.391. The maximum Gasteiger partial charge on any atom is 0.410 e. The highest BCUT2D eigenvalue weighted by Gasteiger charge is 2.28. The van der Waals surface area contributed by atoms with Gasteiger partial charge in [0.05, 0.1) is 17.4 Å². The summed E-state index contributed by atoms with van der Waals surface area (Å²) >= 11 is 0. The van der Waals surface area contributed by atoms with E-state index in [-0.39, 0.29) is 30.4 Å². The van der Waals surface area contributed by atoms with Crippen molar-refractivity contribution in [3.05, 3.63) is 71.3 Å². The van der Waals surface area contributed by atoms with E-state index in [0.29, 0.717) is 31.5 Å². The van der Waals surface area contributed by atoms with Gasteiger partial charge in [0.15, 0.2) is 0 Å². The number of hydrogen-bond acceptors (Lipinski definition) is 5. The van der Waals surface area contributed by atoms with Crippen molar-refractivity contribution in [3.63, 3.8) is 0 Å². The normalized spacial score (nSPS) is 15.8. The molecule has 7 nitrogen and oxygen atoms in total. The molecule has 0 aromatic heterocycles. The third-order valence-corrected chi connectivity index (χ3v) is 7.05. The van der Waals surface area contributed by atoms with E-state index in [4.69, 9.17) is 10.00 Å². The Morgan fingerprint density at radius 3 is 2.42 bits per heavy atom. The molecular formula is C23H27N3O4S. The summed E-state index contributed by atoms with van der Waals surface area (Å²) in [5.74, 6) is 0.0180. The van der Waals surface area contributed by atoms with Crippen LogP contribution in [0.2, 0.25) is 0 Å². The molecule has 1 aliphatic heterocycles. The average Bonchev–Trinajstić information content (AvgIpc) is 2.78. The van der Waals surface area contributed by atoms with E-state index in [1.54, 1.807) is 36.1 Å². The summed E-state index contributed by atoms with van der Waals surface area (Å²) in [4.78, 5) is 13.9. The molecule has 0 unspecified atom stereocenters. The van der Waals surface area contributed by atoms with Crippen LogP contribution >= 0.6 is 0 Å². The summed E-state index contributed by atoms with van der Waals surface area (Å²) in [6.45, 7) is 2.98. The third-order valence-electron chi connectivity index (χ3n) is 5.43. The van der Waals surface area contributed by atoms with Crippen LogP contribution in [0.1, 0.15) is 42.5 Å². The molecule has 0 bridgehead atoms. The number of hydrogen-bond donors (Lipinski definition) is 1. The number of rotatable bonds is 7. The first-order valence-corrected chi connectivity index (χ1v) is 12.0. The van der Waals surface area contributed by atoms with Crippen LogP contribution in [0, 0.1) is 17.2 Å². The van der Waals surface area contributed by atoms with Gasteiger partial charge in [0.1, 0.15) is 6.61 Å². The lowest BCUT2D eigenvalue weighted by Gasteiger charge is -2.31. The molecule has 8 heteroatoms. The second kappa shape index (κ2) is 10.4. The molecule has 1 saturated heterocycles. The van der Waals surface area contributed by atoms with Crippen molar-refractivity contribution in [3.8, 4) is 6.07 Å². The minimum atomic E-state index is -3.48. The van der Waals surface area contributed by atoms with Crippen LogP contribution in [0.25, 0.3) is 0 Å². The molecule has 31 heavy (non-hydrogen) atoms. The zero-order valence-electron chi connectivity index (χ0n) is 17.5. The van der Waals surface area contributed by atoms with E-state index in [1.165, 1.54) is 0 Å². The van der Waals surface area contributed by atoms with Crippen molar-refractivity contribution >= 4 is 16.1 Å². The second-order valence-corrected chi connectivity index (χ2v) is 9.62. The number of ether oxygens (including phenoxy) is 1. The summed E-state index contributed by atoms with van der Waals surface area (Å²) in [6, 6.07) is 18.0. The molecule has 1 amide bonds. The van der Waals surface area contributed by atoms with Crippen molar-refractivity contribution in [2.24, 2.45) is 5.92 Å². The number of nitrogens with one attached hydrogen (secondary N) is 1. The van der Waals surface area contributed by atoms with Crippen molar-refractivity contribution < 1.29 is 17.9 Å². The number of carbonyl (C=O) groups is 1. The van der Waals surface area contributed by atoms with Gasteiger partial charge in [0, 0.05) is 19.1 Å². The molecule has 1 fully saturated rings. The Bertz CT molecular complexity index is 1010. The van der Waals surface area contributed by atoms with E-state index in [1.807, 2.05) is 36.4 Å². The first-order valence-electron chi connectivity index (χ1n) is 10.3. The number of nitrogens with zero attached hydrogens (tertiary/aromatic N) is 2. The van der Waals surface area contributed by atoms with Crippen LogP contribution in [0.4, 0.5) is 4.79 Å². The van der Waals surface area contributed by atoms with E-state index >= 15 is 0 Å². The molecule has 1 aliphatic rings. The smallest absolute Gasteiger partial charge is 0.410 e.